The summed E-state index contributed by atoms with van der Waals surface area (Å²) in [7, 11) is 0. The molecule has 29 heavy (non-hydrogen) atoms. The highest BCUT2D eigenvalue weighted by molar-refractivity contribution is 5.95. The van der Waals surface area contributed by atoms with Gasteiger partial charge in [-0.15, -0.1) is 0 Å². The first kappa shape index (κ1) is 19.1. The van der Waals surface area contributed by atoms with Crippen LogP contribution in [0.3, 0.4) is 0 Å². The summed E-state index contributed by atoms with van der Waals surface area (Å²) in [6.07, 6.45) is -2.73. The van der Waals surface area contributed by atoms with Gasteiger partial charge in [-0.2, -0.15) is 13.2 Å². The zero-order chi connectivity index (χ0) is 20.4. The maximum Gasteiger partial charge on any atom is 0.417 e. The molecule has 1 unspecified atom stereocenters. The maximum absolute atomic E-state index is 12.6. The second kappa shape index (κ2) is 7.67. The van der Waals surface area contributed by atoms with Gasteiger partial charge < -0.3 is 14.8 Å². The number of rotatable bonds is 5. The number of halogens is 3. The fourth-order valence-corrected chi connectivity index (χ4v) is 2.77. The number of aromatic nitrogens is 2. The molecule has 2 aromatic heterocycles. The number of ether oxygens (including phenoxy) is 2. The molecule has 1 saturated heterocycles. The van der Waals surface area contributed by atoms with Crippen molar-refractivity contribution in [1.29, 1.82) is 0 Å². The Balaban J connectivity index is 1.45. The summed E-state index contributed by atoms with van der Waals surface area (Å²) in [4.78, 5) is 20.2. The standard InChI is InChI=1S/C20H16F3N3O3/c21-20(22,23)13-2-6-18(24-10-13)29-14-3-5-16-12(9-14)1-4-17(26-16)19(27)25-11-15-7-8-28-15/h1-6,9-10,15H,7-8,11H2,(H,25,27). The Morgan fingerprint density at radius 3 is 2.69 bits per heavy atom. The van der Waals surface area contributed by atoms with Gasteiger partial charge in [-0.05, 0) is 36.8 Å². The zero-order valence-corrected chi connectivity index (χ0v) is 15.1. The normalized spacial score (nSPS) is 16.3. The van der Waals surface area contributed by atoms with E-state index < -0.39 is 11.7 Å². The van der Waals surface area contributed by atoms with Crippen molar-refractivity contribution in [2.75, 3.05) is 13.2 Å². The van der Waals surface area contributed by atoms with E-state index in [-0.39, 0.29) is 23.6 Å². The number of carbonyl (C=O) groups is 1. The number of hydrogen-bond donors (Lipinski definition) is 1. The minimum absolute atomic E-state index is 0.0412. The van der Waals surface area contributed by atoms with Gasteiger partial charge >= 0.3 is 6.18 Å². The first-order valence-corrected chi connectivity index (χ1v) is 8.90. The minimum Gasteiger partial charge on any atom is -0.439 e. The fraction of sp³-hybridized carbons (Fsp3) is 0.250. The van der Waals surface area contributed by atoms with Crippen LogP contribution in [-0.2, 0) is 10.9 Å². The van der Waals surface area contributed by atoms with E-state index in [0.717, 1.165) is 31.4 Å². The van der Waals surface area contributed by atoms with Crippen LogP contribution in [0.5, 0.6) is 11.6 Å². The van der Waals surface area contributed by atoms with Gasteiger partial charge in [0.2, 0.25) is 5.88 Å². The van der Waals surface area contributed by atoms with E-state index in [0.29, 0.717) is 23.2 Å². The van der Waals surface area contributed by atoms with Gasteiger partial charge in [-0.1, -0.05) is 6.07 Å². The van der Waals surface area contributed by atoms with Crippen LogP contribution in [0.15, 0.2) is 48.7 Å². The molecule has 1 N–H and O–H groups in total. The molecule has 1 aliphatic heterocycles. The van der Waals surface area contributed by atoms with Gasteiger partial charge in [0.1, 0.15) is 11.4 Å². The van der Waals surface area contributed by atoms with Crippen molar-refractivity contribution < 1.29 is 27.4 Å². The van der Waals surface area contributed by atoms with Gasteiger partial charge in [-0.3, -0.25) is 4.79 Å². The first-order valence-electron chi connectivity index (χ1n) is 8.90. The highest BCUT2D eigenvalue weighted by atomic mass is 19.4. The molecule has 1 fully saturated rings. The third-order valence-electron chi connectivity index (χ3n) is 4.46. The lowest BCUT2D eigenvalue weighted by molar-refractivity contribution is -0.137. The van der Waals surface area contributed by atoms with Crippen LogP contribution in [0.25, 0.3) is 10.9 Å². The Kier molecular flexibility index (Phi) is 5.06. The summed E-state index contributed by atoms with van der Waals surface area (Å²) in [6.45, 7) is 1.17. The van der Waals surface area contributed by atoms with Crippen molar-refractivity contribution in [3.63, 3.8) is 0 Å². The summed E-state index contributed by atoms with van der Waals surface area (Å²) in [5.41, 5.74) is 0.0300. The van der Waals surface area contributed by atoms with Gasteiger partial charge in [-0.25, -0.2) is 9.97 Å². The van der Waals surface area contributed by atoms with Crippen LogP contribution < -0.4 is 10.1 Å². The molecule has 0 spiro atoms. The third-order valence-corrected chi connectivity index (χ3v) is 4.46. The minimum atomic E-state index is -4.45. The molecule has 9 heteroatoms. The number of pyridine rings is 2. The summed E-state index contributed by atoms with van der Waals surface area (Å²) in [6, 6.07) is 10.3. The maximum atomic E-state index is 12.6. The molecule has 1 amide bonds. The van der Waals surface area contributed by atoms with Crippen LogP contribution >= 0.6 is 0 Å². The SMILES string of the molecule is O=C(NCC1CCO1)c1ccc2cc(Oc3ccc(C(F)(F)F)cn3)ccc2n1. The smallest absolute Gasteiger partial charge is 0.417 e. The highest BCUT2D eigenvalue weighted by Gasteiger charge is 2.30. The lowest BCUT2D eigenvalue weighted by Gasteiger charge is -2.26. The number of carbonyl (C=O) groups excluding carboxylic acids is 1. The van der Waals surface area contributed by atoms with Gasteiger partial charge in [0.25, 0.3) is 5.91 Å². The first-order chi connectivity index (χ1) is 13.9. The van der Waals surface area contributed by atoms with E-state index in [1.807, 2.05) is 0 Å². The molecule has 0 saturated carbocycles. The second-order valence-corrected chi connectivity index (χ2v) is 6.53. The lowest BCUT2D eigenvalue weighted by atomic mass is 10.1. The van der Waals surface area contributed by atoms with Crippen LogP contribution in [0.1, 0.15) is 22.5 Å². The van der Waals surface area contributed by atoms with Crippen LogP contribution in [0, 0.1) is 0 Å². The molecule has 0 radical (unpaired) electrons. The molecule has 1 aromatic carbocycles. The number of nitrogens with one attached hydrogen (secondary N) is 1. The van der Waals surface area contributed by atoms with Crippen molar-refractivity contribution in [3.05, 3.63) is 59.9 Å². The number of fused-ring (bicyclic) bond motifs is 1. The Hall–Kier alpha value is -3.20. The largest absolute Gasteiger partial charge is 0.439 e. The molecular weight excluding hydrogens is 387 g/mol. The molecular formula is C20H16F3N3O3. The van der Waals surface area contributed by atoms with E-state index in [4.69, 9.17) is 9.47 Å². The molecule has 6 nitrogen and oxygen atoms in total. The summed E-state index contributed by atoms with van der Waals surface area (Å²) >= 11 is 0. The Bertz CT molecular complexity index is 1030. The predicted octanol–water partition coefficient (Wildman–Crippen LogP) is 3.96. The third kappa shape index (κ3) is 4.45. The molecule has 0 aliphatic carbocycles. The lowest BCUT2D eigenvalue weighted by Crippen LogP contribution is -2.39. The number of alkyl halides is 3. The van der Waals surface area contributed by atoms with Crippen LogP contribution in [0.4, 0.5) is 13.2 Å². The second-order valence-electron chi connectivity index (χ2n) is 6.53. The van der Waals surface area contributed by atoms with E-state index >= 15 is 0 Å². The monoisotopic (exact) mass is 403 g/mol. The van der Waals surface area contributed by atoms with Crippen LogP contribution in [-0.4, -0.2) is 35.1 Å². The summed E-state index contributed by atoms with van der Waals surface area (Å²) < 4.78 is 48.6. The topological polar surface area (TPSA) is 73.3 Å². The zero-order valence-electron chi connectivity index (χ0n) is 15.1. The van der Waals surface area contributed by atoms with Gasteiger partial charge in [0.05, 0.1) is 17.2 Å². The molecule has 1 atom stereocenters. The number of amides is 1. The highest BCUT2D eigenvalue weighted by Crippen LogP contribution is 2.30. The Morgan fingerprint density at radius 2 is 2.03 bits per heavy atom. The van der Waals surface area contributed by atoms with Crippen molar-refractivity contribution in [2.24, 2.45) is 0 Å². The summed E-state index contributed by atoms with van der Waals surface area (Å²) in [5.74, 6) is 0.155. The molecule has 150 valence electrons. The molecule has 1 aliphatic rings. The number of benzene rings is 1. The average Bonchev–Trinajstić information content (AvgIpc) is 2.66. The number of nitrogens with zero attached hydrogens (tertiary/aromatic N) is 2. The van der Waals surface area contributed by atoms with Crippen molar-refractivity contribution in [1.82, 2.24) is 15.3 Å². The Labute approximate surface area is 163 Å². The van der Waals surface area contributed by atoms with Crippen molar-refractivity contribution >= 4 is 16.8 Å². The van der Waals surface area contributed by atoms with E-state index in [1.54, 1.807) is 30.3 Å². The van der Waals surface area contributed by atoms with Crippen molar-refractivity contribution in [2.45, 2.75) is 18.7 Å². The van der Waals surface area contributed by atoms with E-state index in [1.165, 1.54) is 0 Å². The van der Waals surface area contributed by atoms with E-state index in [2.05, 4.69) is 15.3 Å². The number of hydrogen-bond acceptors (Lipinski definition) is 5. The molecule has 3 heterocycles. The van der Waals surface area contributed by atoms with Crippen LogP contribution in [0.2, 0.25) is 0 Å². The molecule has 3 aromatic rings. The van der Waals surface area contributed by atoms with Gasteiger partial charge in [0, 0.05) is 30.8 Å². The van der Waals surface area contributed by atoms with E-state index in [9.17, 15) is 18.0 Å². The van der Waals surface area contributed by atoms with Crippen molar-refractivity contribution in [3.8, 4) is 11.6 Å². The quantitative estimate of drug-likeness (QED) is 0.698. The predicted molar refractivity (Wildman–Crippen MR) is 97.7 cm³/mol. The average molecular weight is 403 g/mol. The van der Waals surface area contributed by atoms with Gasteiger partial charge in [0.15, 0.2) is 0 Å². The molecule has 0 bridgehead atoms. The Morgan fingerprint density at radius 1 is 1.21 bits per heavy atom. The summed E-state index contributed by atoms with van der Waals surface area (Å²) in [5, 5.41) is 3.50. The fourth-order valence-electron chi connectivity index (χ4n) is 2.77. The molecule has 4 rings (SSSR count).